The van der Waals surface area contributed by atoms with E-state index in [-0.39, 0.29) is 6.04 Å². The molecule has 30 heavy (non-hydrogen) atoms. The SMILES string of the molecule is C[C@H](N)c1ccc(OCCOCCOCCOCCOc2ccc(CN)nc2)cn1. The first kappa shape index (κ1) is 24.0. The van der Waals surface area contributed by atoms with Crippen molar-refractivity contribution in [1.29, 1.82) is 0 Å². The molecule has 9 heteroatoms. The molecule has 0 aromatic carbocycles. The molecule has 0 aliphatic carbocycles. The van der Waals surface area contributed by atoms with E-state index in [1.54, 1.807) is 12.4 Å². The Morgan fingerprint density at radius 2 is 1.23 bits per heavy atom. The van der Waals surface area contributed by atoms with Gasteiger partial charge in [0.25, 0.3) is 0 Å². The van der Waals surface area contributed by atoms with Gasteiger partial charge in [-0.3, -0.25) is 9.97 Å². The molecule has 0 aliphatic rings. The third kappa shape index (κ3) is 9.95. The van der Waals surface area contributed by atoms with Gasteiger partial charge in [0.1, 0.15) is 24.7 Å². The first-order valence-electron chi connectivity index (χ1n) is 10.0. The predicted octanol–water partition coefficient (Wildman–Crippen LogP) is 1.46. The molecule has 166 valence electrons. The van der Waals surface area contributed by atoms with Gasteiger partial charge in [-0.05, 0) is 31.2 Å². The Kier molecular flexibility index (Phi) is 11.7. The number of aromatic nitrogens is 2. The van der Waals surface area contributed by atoms with Crippen molar-refractivity contribution in [3.63, 3.8) is 0 Å². The monoisotopic (exact) mass is 420 g/mol. The first-order valence-corrected chi connectivity index (χ1v) is 10.0. The lowest BCUT2D eigenvalue weighted by atomic mass is 10.2. The summed E-state index contributed by atoms with van der Waals surface area (Å²) in [7, 11) is 0. The molecule has 2 rings (SSSR count). The molecule has 0 aliphatic heterocycles. The largest absolute Gasteiger partial charge is 0.490 e. The van der Waals surface area contributed by atoms with E-state index in [0.29, 0.717) is 70.9 Å². The summed E-state index contributed by atoms with van der Waals surface area (Å²) in [4.78, 5) is 8.40. The van der Waals surface area contributed by atoms with E-state index in [1.807, 2.05) is 31.2 Å². The summed E-state index contributed by atoms with van der Waals surface area (Å²) in [5.41, 5.74) is 12.9. The van der Waals surface area contributed by atoms with Crippen molar-refractivity contribution in [2.45, 2.75) is 19.5 Å². The summed E-state index contributed by atoms with van der Waals surface area (Å²) >= 11 is 0. The maximum absolute atomic E-state index is 5.76. The van der Waals surface area contributed by atoms with Gasteiger partial charge in [-0.2, -0.15) is 0 Å². The summed E-state index contributed by atoms with van der Waals surface area (Å²) in [5, 5.41) is 0. The molecule has 9 nitrogen and oxygen atoms in total. The topological polar surface area (TPSA) is 124 Å². The smallest absolute Gasteiger partial charge is 0.137 e. The molecule has 0 fully saturated rings. The molecule has 2 aromatic rings. The summed E-state index contributed by atoms with van der Waals surface area (Å²) in [6.45, 7) is 6.19. The third-order valence-corrected chi connectivity index (χ3v) is 3.97. The van der Waals surface area contributed by atoms with Gasteiger partial charge in [0.15, 0.2) is 0 Å². The highest BCUT2D eigenvalue weighted by molar-refractivity contribution is 5.21. The van der Waals surface area contributed by atoms with Gasteiger partial charge >= 0.3 is 0 Å². The molecule has 4 N–H and O–H groups in total. The maximum Gasteiger partial charge on any atom is 0.137 e. The minimum Gasteiger partial charge on any atom is -0.490 e. The zero-order valence-corrected chi connectivity index (χ0v) is 17.5. The number of ether oxygens (including phenoxy) is 5. The summed E-state index contributed by atoms with van der Waals surface area (Å²) in [5.74, 6) is 1.40. The van der Waals surface area contributed by atoms with E-state index in [4.69, 9.17) is 35.2 Å². The lowest BCUT2D eigenvalue weighted by Crippen LogP contribution is -2.14. The second kappa shape index (κ2) is 14.6. The molecule has 0 saturated heterocycles. The Bertz CT molecular complexity index is 683. The Morgan fingerprint density at radius 3 is 1.63 bits per heavy atom. The molecular formula is C21H32N4O5. The van der Waals surface area contributed by atoms with E-state index in [9.17, 15) is 0 Å². The van der Waals surface area contributed by atoms with Crippen molar-refractivity contribution >= 4 is 0 Å². The van der Waals surface area contributed by atoms with Gasteiger partial charge in [-0.1, -0.05) is 0 Å². The first-order chi connectivity index (χ1) is 14.7. The van der Waals surface area contributed by atoms with Crippen LogP contribution in [0.3, 0.4) is 0 Å². The van der Waals surface area contributed by atoms with Gasteiger partial charge in [0.2, 0.25) is 0 Å². The molecule has 0 unspecified atom stereocenters. The van der Waals surface area contributed by atoms with Crippen LogP contribution in [0.15, 0.2) is 36.7 Å². The highest BCUT2D eigenvalue weighted by atomic mass is 16.6. The molecule has 2 aromatic heterocycles. The van der Waals surface area contributed by atoms with Crippen LogP contribution < -0.4 is 20.9 Å². The Hall–Kier alpha value is -2.30. The average molecular weight is 421 g/mol. The minimum absolute atomic E-state index is 0.0849. The van der Waals surface area contributed by atoms with Crippen LogP contribution in [0, 0.1) is 0 Å². The van der Waals surface area contributed by atoms with Crippen molar-refractivity contribution < 1.29 is 23.7 Å². The molecule has 2 heterocycles. The summed E-state index contributed by atoms with van der Waals surface area (Å²) in [6.07, 6.45) is 3.33. The van der Waals surface area contributed by atoms with Crippen molar-refractivity contribution in [3.8, 4) is 11.5 Å². The van der Waals surface area contributed by atoms with Crippen LogP contribution in [0.4, 0.5) is 0 Å². The third-order valence-electron chi connectivity index (χ3n) is 3.97. The zero-order valence-electron chi connectivity index (χ0n) is 17.5. The fourth-order valence-electron chi connectivity index (χ4n) is 2.34. The average Bonchev–Trinajstić information content (AvgIpc) is 2.77. The Morgan fingerprint density at radius 1 is 0.733 bits per heavy atom. The van der Waals surface area contributed by atoms with Gasteiger partial charge < -0.3 is 35.2 Å². The summed E-state index contributed by atoms with van der Waals surface area (Å²) < 4.78 is 27.4. The van der Waals surface area contributed by atoms with Gasteiger partial charge in [-0.25, -0.2) is 0 Å². The normalized spacial score (nSPS) is 12.0. The standard InChI is InChI=1S/C21H32N4O5/c1-17(23)21-5-4-20(16-25-21)30-13-11-28-9-7-26-6-8-27-10-12-29-19-3-2-18(14-22)24-15-19/h2-5,15-17H,6-14,22-23H2,1H3/t17-/m0/s1. The van der Waals surface area contributed by atoms with Gasteiger partial charge in [0, 0.05) is 12.6 Å². The predicted molar refractivity (Wildman–Crippen MR) is 112 cm³/mol. The van der Waals surface area contributed by atoms with Crippen LogP contribution in [0.5, 0.6) is 11.5 Å². The lowest BCUT2D eigenvalue weighted by molar-refractivity contribution is 0.00496. The molecule has 0 bridgehead atoms. The number of nitrogens with zero attached hydrogens (tertiary/aromatic N) is 2. The van der Waals surface area contributed by atoms with Crippen LogP contribution in [-0.2, 0) is 20.8 Å². The number of pyridine rings is 2. The number of hydrogen-bond donors (Lipinski definition) is 2. The van der Waals surface area contributed by atoms with Crippen LogP contribution in [0.25, 0.3) is 0 Å². The van der Waals surface area contributed by atoms with Crippen molar-refractivity contribution in [2.75, 3.05) is 52.9 Å². The molecule has 0 amide bonds. The molecule has 0 saturated carbocycles. The highest BCUT2D eigenvalue weighted by Crippen LogP contribution is 2.12. The van der Waals surface area contributed by atoms with Gasteiger partial charge in [-0.15, -0.1) is 0 Å². The van der Waals surface area contributed by atoms with E-state index < -0.39 is 0 Å². The lowest BCUT2D eigenvalue weighted by Gasteiger charge is -2.09. The van der Waals surface area contributed by atoms with E-state index >= 15 is 0 Å². The molecule has 0 spiro atoms. The highest BCUT2D eigenvalue weighted by Gasteiger charge is 2.01. The van der Waals surface area contributed by atoms with E-state index in [2.05, 4.69) is 9.97 Å². The quantitative estimate of drug-likeness (QED) is 0.388. The van der Waals surface area contributed by atoms with Crippen LogP contribution in [0.1, 0.15) is 24.4 Å². The van der Waals surface area contributed by atoms with E-state index in [0.717, 1.165) is 11.4 Å². The molecular weight excluding hydrogens is 388 g/mol. The Balaban J connectivity index is 1.35. The Labute approximate surface area is 177 Å². The molecule has 0 radical (unpaired) electrons. The number of hydrogen-bond acceptors (Lipinski definition) is 9. The van der Waals surface area contributed by atoms with Crippen molar-refractivity contribution in [3.05, 3.63) is 48.0 Å². The van der Waals surface area contributed by atoms with Crippen molar-refractivity contribution in [1.82, 2.24) is 9.97 Å². The minimum atomic E-state index is -0.0849. The second-order valence-electron chi connectivity index (χ2n) is 6.43. The van der Waals surface area contributed by atoms with Crippen LogP contribution in [0.2, 0.25) is 0 Å². The fraction of sp³-hybridized carbons (Fsp3) is 0.524. The number of nitrogens with two attached hydrogens (primary N) is 2. The summed E-state index contributed by atoms with van der Waals surface area (Å²) in [6, 6.07) is 7.32. The molecule has 1 atom stereocenters. The van der Waals surface area contributed by atoms with Crippen molar-refractivity contribution in [2.24, 2.45) is 11.5 Å². The van der Waals surface area contributed by atoms with Crippen LogP contribution >= 0.6 is 0 Å². The van der Waals surface area contributed by atoms with E-state index in [1.165, 1.54) is 0 Å². The zero-order chi connectivity index (χ0) is 21.4. The second-order valence-corrected chi connectivity index (χ2v) is 6.43. The maximum atomic E-state index is 5.76. The number of rotatable bonds is 16. The fourth-order valence-corrected chi connectivity index (χ4v) is 2.34. The van der Waals surface area contributed by atoms with Crippen LogP contribution in [-0.4, -0.2) is 62.8 Å². The van der Waals surface area contributed by atoms with Gasteiger partial charge in [0.05, 0.1) is 63.4 Å².